The Labute approximate surface area is 123 Å². The van der Waals surface area contributed by atoms with Crippen LogP contribution in [0.1, 0.15) is 18.4 Å². The minimum absolute atomic E-state index is 0.209. The lowest BCUT2D eigenvalue weighted by Gasteiger charge is -2.09. The predicted molar refractivity (Wildman–Crippen MR) is 78.9 cm³/mol. The monoisotopic (exact) mass is 298 g/mol. The second-order valence-electron chi connectivity index (χ2n) is 4.38. The lowest BCUT2D eigenvalue weighted by Crippen LogP contribution is -2.29. The molecule has 20 heavy (non-hydrogen) atoms. The van der Waals surface area contributed by atoms with Gasteiger partial charge in [-0.25, -0.2) is 0 Å². The van der Waals surface area contributed by atoms with Crippen molar-refractivity contribution in [3.8, 4) is 0 Å². The van der Waals surface area contributed by atoms with E-state index in [0.717, 1.165) is 12.0 Å². The molecule has 110 valence electrons. The van der Waals surface area contributed by atoms with E-state index in [-0.39, 0.29) is 18.2 Å². The van der Waals surface area contributed by atoms with Crippen molar-refractivity contribution in [1.29, 1.82) is 0 Å². The third-order valence-corrected chi connectivity index (χ3v) is 2.88. The standard InChI is InChI=1S/C14H19ClN2O3/c1-10-4-5-11(15)8-12(10)17-14(19)9-13(18)16-6-3-7-20-2/h4-5,8H,3,6-7,9H2,1-2H3,(H,16,18)(H,17,19). The molecule has 0 aliphatic carbocycles. The molecule has 0 spiro atoms. The van der Waals surface area contributed by atoms with Gasteiger partial charge in [0.15, 0.2) is 0 Å². The average Bonchev–Trinajstić information content (AvgIpc) is 2.39. The molecule has 0 radical (unpaired) electrons. The van der Waals surface area contributed by atoms with E-state index in [9.17, 15) is 9.59 Å². The van der Waals surface area contributed by atoms with Gasteiger partial charge in [-0.15, -0.1) is 0 Å². The molecule has 0 bridgehead atoms. The summed E-state index contributed by atoms with van der Waals surface area (Å²) in [5.74, 6) is -0.669. The molecule has 0 saturated heterocycles. The Bertz CT molecular complexity index is 477. The molecule has 6 heteroatoms. The van der Waals surface area contributed by atoms with Gasteiger partial charge in [0.2, 0.25) is 11.8 Å². The third kappa shape index (κ3) is 6.04. The number of rotatable bonds is 7. The Balaban J connectivity index is 2.39. The predicted octanol–water partition coefficient (Wildman–Crippen LogP) is 2.13. The average molecular weight is 299 g/mol. The van der Waals surface area contributed by atoms with Crippen molar-refractivity contribution in [1.82, 2.24) is 5.32 Å². The van der Waals surface area contributed by atoms with E-state index in [0.29, 0.717) is 23.9 Å². The Morgan fingerprint density at radius 1 is 1.30 bits per heavy atom. The van der Waals surface area contributed by atoms with E-state index < -0.39 is 0 Å². The zero-order valence-corrected chi connectivity index (χ0v) is 12.4. The summed E-state index contributed by atoms with van der Waals surface area (Å²) in [6, 6.07) is 5.21. The summed E-state index contributed by atoms with van der Waals surface area (Å²) < 4.78 is 4.87. The van der Waals surface area contributed by atoms with E-state index in [1.807, 2.05) is 13.0 Å². The highest BCUT2D eigenvalue weighted by Gasteiger charge is 2.10. The van der Waals surface area contributed by atoms with Crippen LogP contribution in [-0.4, -0.2) is 32.1 Å². The van der Waals surface area contributed by atoms with Crippen LogP contribution in [0.15, 0.2) is 18.2 Å². The minimum Gasteiger partial charge on any atom is -0.385 e. The summed E-state index contributed by atoms with van der Waals surface area (Å²) in [7, 11) is 1.60. The van der Waals surface area contributed by atoms with Crippen molar-refractivity contribution >= 4 is 29.1 Å². The van der Waals surface area contributed by atoms with Crippen molar-refractivity contribution < 1.29 is 14.3 Å². The molecule has 2 amide bonds. The number of anilines is 1. The van der Waals surface area contributed by atoms with E-state index in [1.54, 1.807) is 19.2 Å². The Morgan fingerprint density at radius 3 is 2.75 bits per heavy atom. The zero-order valence-electron chi connectivity index (χ0n) is 11.7. The van der Waals surface area contributed by atoms with Gasteiger partial charge in [-0.3, -0.25) is 9.59 Å². The summed E-state index contributed by atoms with van der Waals surface area (Å²) in [6.45, 7) is 2.93. The summed E-state index contributed by atoms with van der Waals surface area (Å²) in [6.07, 6.45) is 0.510. The molecule has 1 rings (SSSR count). The number of hydrogen-bond donors (Lipinski definition) is 2. The van der Waals surface area contributed by atoms with Crippen LogP contribution >= 0.6 is 11.6 Å². The number of nitrogens with one attached hydrogen (secondary N) is 2. The lowest BCUT2D eigenvalue weighted by molar-refractivity contribution is -0.126. The second kappa shape index (κ2) is 8.55. The van der Waals surface area contributed by atoms with Crippen molar-refractivity contribution in [2.45, 2.75) is 19.8 Å². The molecule has 0 aliphatic rings. The molecule has 5 nitrogen and oxygen atoms in total. The Kier molecular flexibility index (Phi) is 7.04. The van der Waals surface area contributed by atoms with Crippen molar-refractivity contribution in [2.75, 3.05) is 25.6 Å². The number of ether oxygens (including phenoxy) is 1. The number of carbonyl (C=O) groups is 2. The van der Waals surface area contributed by atoms with Crippen LogP contribution in [-0.2, 0) is 14.3 Å². The molecule has 0 heterocycles. The molecule has 1 aromatic carbocycles. The van der Waals surface area contributed by atoms with Crippen molar-refractivity contribution in [2.24, 2.45) is 0 Å². The van der Waals surface area contributed by atoms with Gasteiger partial charge in [-0.2, -0.15) is 0 Å². The quantitative estimate of drug-likeness (QED) is 0.598. The molecular formula is C14H19ClN2O3. The van der Waals surface area contributed by atoms with Crippen molar-refractivity contribution in [3.05, 3.63) is 28.8 Å². The summed E-state index contributed by atoms with van der Waals surface area (Å²) in [4.78, 5) is 23.3. The fraction of sp³-hybridized carbons (Fsp3) is 0.429. The normalized spacial score (nSPS) is 10.2. The van der Waals surface area contributed by atoms with Gasteiger partial charge in [0.25, 0.3) is 0 Å². The van der Waals surface area contributed by atoms with Crippen LogP contribution in [0.2, 0.25) is 5.02 Å². The molecule has 0 fully saturated rings. The molecule has 0 unspecified atom stereocenters. The van der Waals surface area contributed by atoms with Gasteiger partial charge in [-0.1, -0.05) is 17.7 Å². The second-order valence-corrected chi connectivity index (χ2v) is 4.82. The van der Waals surface area contributed by atoms with Crippen LogP contribution in [0.3, 0.4) is 0 Å². The first-order chi connectivity index (χ1) is 9.52. The van der Waals surface area contributed by atoms with Gasteiger partial charge >= 0.3 is 0 Å². The first kappa shape index (κ1) is 16.5. The smallest absolute Gasteiger partial charge is 0.233 e. The number of halogens is 1. The molecule has 2 N–H and O–H groups in total. The van der Waals surface area contributed by atoms with Crippen molar-refractivity contribution in [3.63, 3.8) is 0 Å². The van der Waals surface area contributed by atoms with Gasteiger partial charge < -0.3 is 15.4 Å². The third-order valence-electron chi connectivity index (χ3n) is 2.64. The number of benzene rings is 1. The van der Waals surface area contributed by atoms with Gasteiger partial charge in [-0.05, 0) is 31.0 Å². The fourth-order valence-corrected chi connectivity index (χ4v) is 1.75. The SMILES string of the molecule is COCCCNC(=O)CC(=O)Nc1cc(Cl)ccc1C. The first-order valence-electron chi connectivity index (χ1n) is 6.34. The van der Waals surface area contributed by atoms with Crippen LogP contribution in [0.25, 0.3) is 0 Å². The van der Waals surface area contributed by atoms with Crippen LogP contribution in [0.5, 0.6) is 0 Å². The number of methoxy groups -OCH3 is 1. The van der Waals surface area contributed by atoms with Crippen LogP contribution < -0.4 is 10.6 Å². The number of aryl methyl sites for hydroxylation is 1. The zero-order chi connectivity index (χ0) is 15.0. The Hall–Kier alpha value is -1.59. The summed E-state index contributed by atoms with van der Waals surface area (Å²) in [5.41, 5.74) is 1.51. The highest BCUT2D eigenvalue weighted by atomic mass is 35.5. The van der Waals surface area contributed by atoms with E-state index in [2.05, 4.69) is 10.6 Å². The maximum atomic E-state index is 11.7. The lowest BCUT2D eigenvalue weighted by atomic mass is 10.2. The molecule has 1 aromatic rings. The number of carbonyl (C=O) groups excluding carboxylic acids is 2. The molecule has 0 aromatic heterocycles. The highest BCUT2D eigenvalue weighted by Crippen LogP contribution is 2.20. The molecule has 0 atom stereocenters. The maximum absolute atomic E-state index is 11.7. The van der Waals surface area contributed by atoms with E-state index >= 15 is 0 Å². The maximum Gasteiger partial charge on any atom is 0.233 e. The first-order valence-corrected chi connectivity index (χ1v) is 6.72. The number of amides is 2. The number of hydrogen-bond acceptors (Lipinski definition) is 3. The fourth-order valence-electron chi connectivity index (χ4n) is 1.58. The highest BCUT2D eigenvalue weighted by molar-refractivity contribution is 6.31. The van der Waals surface area contributed by atoms with Gasteiger partial charge in [0.05, 0.1) is 0 Å². The van der Waals surface area contributed by atoms with Crippen LogP contribution in [0.4, 0.5) is 5.69 Å². The van der Waals surface area contributed by atoms with E-state index in [4.69, 9.17) is 16.3 Å². The Morgan fingerprint density at radius 2 is 2.05 bits per heavy atom. The summed E-state index contributed by atoms with van der Waals surface area (Å²) >= 11 is 5.86. The molecule has 0 aliphatic heterocycles. The summed E-state index contributed by atoms with van der Waals surface area (Å²) in [5, 5.41) is 5.87. The molecule has 0 saturated carbocycles. The topological polar surface area (TPSA) is 67.4 Å². The minimum atomic E-state index is -0.361. The molecular weight excluding hydrogens is 280 g/mol. The van der Waals surface area contributed by atoms with Gasteiger partial charge in [0.1, 0.15) is 6.42 Å². The van der Waals surface area contributed by atoms with Gasteiger partial charge in [0, 0.05) is 31.0 Å². The van der Waals surface area contributed by atoms with E-state index in [1.165, 1.54) is 0 Å². The van der Waals surface area contributed by atoms with Crippen LogP contribution in [0, 0.1) is 6.92 Å². The largest absolute Gasteiger partial charge is 0.385 e.